The lowest BCUT2D eigenvalue weighted by atomic mass is 9.84. The number of ether oxygens (including phenoxy) is 5. The summed E-state index contributed by atoms with van der Waals surface area (Å²) in [6.07, 6.45) is 1.60. The average Bonchev–Trinajstić information content (AvgIpc) is 3.18. The highest BCUT2D eigenvalue weighted by molar-refractivity contribution is 6.15. The Kier molecular flexibility index (Phi) is 5.56. The number of fused-ring (bicyclic) bond motifs is 3. The molecule has 0 unspecified atom stereocenters. The zero-order valence-corrected chi connectivity index (χ0v) is 19.3. The summed E-state index contributed by atoms with van der Waals surface area (Å²) in [4.78, 5) is 25.6. The smallest absolute Gasteiger partial charge is 0.312 e. The van der Waals surface area contributed by atoms with E-state index in [9.17, 15) is 14.7 Å². The van der Waals surface area contributed by atoms with Crippen LogP contribution in [0, 0.1) is 0 Å². The van der Waals surface area contributed by atoms with Gasteiger partial charge in [-0.25, -0.2) is 0 Å². The number of rotatable bonds is 5. The number of carbonyl (C=O) groups is 2. The second-order valence-corrected chi connectivity index (χ2v) is 8.06. The number of allylic oxidation sites excluding steroid dienone is 1. The molecule has 178 valence electrons. The van der Waals surface area contributed by atoms with Crippen molar-refractivity contribution in [3.63, 3.8) is 0 Å². The van der Waals surface area contributed by atoms with Gasteiger partial charge in [-0.05, 0) is 42.0 Å². The molecule has 3 aromatic carbocycles. The van der Waals surface area contributed by atoms with E-state index in [4.69, 9.17) is 23.7 Å². The Balaban J connectivity index is 1.60. The summed E-state index contributed by atoms with van der Waals surface area (Å²) >= 11 is 0. The first-order chi connectivity index (χ1) is 16.9. The van der Waals surface area contributed by atoms with Gasteiger partial charge in [-0.15, -0.1) is 0 Å². The molecule has 2 aliphatic rings. The van der Waals surface area contributed by atoms with Gasteiger partial charge in [0.25, 0.3) is 0 Å². The fourth-order valence-corrected chi connectivity index (χ4v) is 4.43. The Morgan fingerprint density at radius 1 is 0.914 bits per heavy atom. The lowest BCUT2D eigenvalue weighted by Crippen LogP contribution is -2.22. The molecule has 2 aliphatic heterocycles. The van der Waals surface area contributed by atoms with Crippen molar-refractivity contribution in [2.24, 2.45) is 0 Å². The molecule has 35 heavy (non-hydrogen) atoms. The first-order valence-electron chi connectivity index (χ1n) is 10.8. The van der Waals surface area contributed by atoms with Crippen LogP contribution in [0.15, 0.2) is 54.3 Å². The van der Waals surface area contributed by atoms with Gasteiger partial charge in [-0.2, -0.15) is 0 Å². The second-order valence-electron chi connectivity index (χ2n) is 8.06. The molecule has 0 bridgehead atoms. The number of Topliss-reactive ketones (excluding diaryl/α,β-unsaturated/α-hetero) is 1. The highest BCUT2D eigenvalue weighted by atomic mass is 16.5. The summed E-state index contributed by atoms with van der Waals surface area (Å²) in [7, 11) is 4.56. The molecular formula is C27H22O8. The highest BCUT2D eigenvalue weighted by Gasteiger charge is 2.39. The van der Waals surface area contributed by atoms with Crippen molar-refractivity contribution in [2.75, 3.05) is 21.3 Å². The van der Waals surface area contributed by atoms with Gasteiger partial charge >= 0.3 is 5.97 Å². The molecule has 0 saturated heterocycles. The number of aromatic hydroxyl groups is 1. The Morgan fingerprint density at radius 3 is 2.43 bits per heavy atom. The van der Waals surface area contributed by atoms with Crippen molar-refractivity contribution < 1.29 is 38.4 Å². The fraction of sp³-hybridized carbons (Fsp3) is 0.185. The number of hydrogen-bond donors (Lipinski definition) is 1. The van der Waals surface area contributed by atoms with Crippen LogP contribution in [0.4, 0.5) is 0 Å². The molecule has 0 aliphatic carbocycles. The second kappa shape index (κ2) is 8.72. The van der Waals surface area contributed by atoms with Crippen molar-refractivity contribution >= 4 is 17.8 Å². The minimum Gasteiger partial charge on any atom is -0.504 e. The molecule has 8 nitrogen and oxygen atoms in total. The van der Waals surface area contributed by atoms with Crippen LogP contribution >= 0.6 is 0 Å². The summed E-state index contributed by atoms with van der Waals surface area (Å²) in [5, 5.41) is 10.1. The molecule has 3 aromatic rings. The molecule has 1 atom stereocenters. The van der Waals surface area contributed by atoms with Gasteiger partial charge in [0, 0.05) is 23.1 Å². The van der Waals surface area contributed by atoms with E-state index in [0.29, 0.717) is 45.4 Å². The van der Waals surface area contributed by atoms with Crippen LogP contribution in [0.25, 0.3) is 6.08 Å². The normalized spacial score (nSPS) is 17.3. The number of esters is 1. The summed E-state index contributed by atoms with van der Waals surface area (Å²) in [6, 6.07) is 13.3. The maximum Gasteiger partial charge on any atom is 0.312 e. The lowest BCUT2D eigenvalue weighted by Gasteiger charge is -2.27. The quantitative estimate of drug-likeness (QED) is 0.328. The minimum atomic E-state index is -0.459. The molecule has 1 N–H and O–H groups in total. The lowest BCUT2D eigenvalue weighted by molar-refractivity contribution is -0.135. The molecule has 0 aromatic heterocycles. The zero-order chi connectivity index (χ0) is 24.7. The predicted octanol–water partition coefficient (Wildman–Crippen LogP) is 4.48. The molecule has 0 amide bonds. The van der Waals surface area contributed by atoms with Crippen LogP contribution in [0.2, 0.25) is 0 Å². The maximum absolute atomic E-state index is 13.2. The largest absolute Gasteiger partial charge is 0.504 e. The first-order valence-corrected chi connectivity index (χ1v) is 10.8. The molecule has 0 saturated carbocycles. The Bertz CT molecular complexity index is 1390. The van der Waals surface area contributed by atoms with Gasteiger partial charge < -0.3 is 28.8 Å². The first kappa shape index (κ1) is 22.3. The molecule has 0 fully saturated rings. The van der Waals surface area contributed by atoms with Gasteiger partial charge in [-0.3, -0.25) is 9.59 Å². The number of methoxy groups -OCH3 is 3. The Morgan fingerprint density at radius 2 is 1.71 bits per heavy atom. The van der Waals surface area contributed by atoms with Crippen molar-refractivity contribution in [2.45, 2.75) is 12.3 Å². The van der Waals surface area contributed by atoms with Gasteiger partial charge in [0.1, 0.15) is 23.0 Å². The van der Waals surface area contributed by atoms with E-state index >= 15 is 0 Å². The van der Waals surface area contributed by atoms with Crippen LogP contribution in [0.5, 0.6) is 34.5 Å². The molecule has 0 radical (unpaired) electrons. The molecule has 0 spiro atoms. The van der Waals surface area contributed by atoms with Crippen LogP contribution in [-0.2, 0) is 4.79 Å². The SMILES string of the molecule is COc1ccc([C@@H]2CC(=O)Oc3ccc4c(c32)O/C(=C\c2ccc(OC)c(O)c2)C4=O)c(OC)c1. The number of hydrogen-bond acceptors (Lipinski definition) is 8. The van der Waals surface area contributed by atoms with Crippen LogP contribution < -0.4 is 23.7 Å². The van der Waals surface area contributed by atoms with E-state index in [0.717, 1.165) is 5.56 Å². The van der Waals surface area contributed by atoms with Gasteiger partial charge in [-0.1, -0.05) is 12.1 Å². The van der Waals surface area contributed by atoms with E-state index in [1.807, 2.05) is 6.07 Å². The third-order valence-corrected chi connectivity index (χ3v) is 6.10. The zero-order valence-electron chi connectivity index (χ0n) is 19.3. The maximum atomic E-state index is 13.2. The minimum absolute atomic E-state index is 0.0507. The topological polar surface area (TPSA) is 101 Å². The van der Waals surface area contributed by atoms with Gasteiger partial charge in [0.15, 0.2) is 17.3 Å². The van der Waals surface area contributed by atoms with Crippen LogP contribution in [0.1, 0.15) is 39.4 Å². The molecule has 8 heteroatoms. The molecule has 2 heterocycles. The number of carbonyl (C=O) groups excluding carboxylic acids is 2. The van der Waals surface area contributed by atoms with Crippen LogP contribution in [-0.4, -0.2) is 38.2 Å². The van der Waals surface area contributed by atoms with Gasteiger partial charge in [0.2, 0.25) is 5.78 Å². The standard InChI is InChI=1S/C27H22O8/c1-31-15-5-6-16(22(12-15)33-3)18-13-24(29)34-21-9-7-17-26(30)23(35-27(17)25(18)21)11-14-4-8-20(32-2)19(28)10-14/h4-12,18,28H,13H2,1-3H3/b23-11-/t18-/m0/s1. The number of phenolic OH excluding ortho intramolecular Hbond substituents is 1. The number of phenols is 1. The predicted molar refractivity (Wildman–Crippen MR) is 126 cm³/mol. The molecule has 5 rings (SSSR count). The van der Waals surface area contributed by atoms with Gasteiger partial charge in [0.05, 0.1) is 33.3 Å². The summed E-state index contributed by atoms with van der Waals surface area (Å²) in [5.74, 6) is 1.02. The fourth-order valence-electron chi connectivity index (χ4n) is 4.43. The van der Waals surface area contributed by atoms with Crippen molar-refractivity contribution in [3.05, 3.63) is 76.5 Å². The van der Waals surface area contributed by atoms with Crippen molar-refractivity contribution in [3.8, 4) is 34.5 Å². The molecular weight excluding hydrogens is 452 g/mol. The number of ketones is 1. The van der Waals surface area contributed by atoms with E-state index in [-0.39, 0.29) is 23.7 Å². The summed E-state index contributed by atoms with van der Waals surface area (Å²) < 4.78 is 27.5. The van der Waals surface area contributed by atoms with E-state index in [1.165, 1.54) is 13.2 Å². The third kappa shape index (κ3) is 3.82. The Hall–Kier alpha value is -4.46. The van der Waals surface area contributed by atoms with E-state index in [2.05, 4.69) is 0 Å². The Labute approximate surface area is 201 Å². The van der Waals surface area contributed by atoms with Crippen LogP contribution in [0.3, 0.4) is 0 Å². The monoisotopic (exact) mass is 474 g/mol. The van der Waals surface area contributed by atoms with E-state index in [1.54, 1.807) is 56.7 Å². The van der Waals surface area contributed by atoms with Crippen molar-refractivity contribution in [1.29, 1.82) is 0 Å². The summed E-state index contributed by atoms with van der Waals surface area (Å²) in [5.41, 5.74) is 2.27. The van der Waals surface area contributed by atoms with E-state index < -0.39 is 11.9 Å². The summed E-state index contributed by atoms with van der Waals surface area (Å²) in [6.45, 7) is 0. The number of benzene rings is 3. The third-order valence-electron chi connectivity index (χ3n) is 6.10. The van der Waals surface area contributed by atoms with Crippen molar-refractivity contribution in [1.82, 2.24) is 0 Å². The average molecular weight is 474 g/mol. The highest BCUT2D eigenvalue weighted by Crippen LogP contribution is 2.50.